The van der Waals surface area contributed by atoms with Gasteiger partial charge in [-0.25, -0.2) is 8.42 Å². The highest BCUT2D eigenvalue weighted by Gasteiger charge is 2.33. The van der Waals surface area contributed by atoms with Gasteiger partial charge in [0.05, 0.1) is 17.7 Å². The Morgan fingerprint density at radius 2 is 1.56 bits per heavy atom. The van der Waals surface area contributed by atoms with E-state index in [1.54, 1.807) is 67.8 Å². The topological polar surface area (TPSA) is 96.0 Å². The van der Waals surface area contributed by atoms with E-state index in [0.29, 0.717) is 17.9 Å². The molecule has 3 aromatic rings. The van der Waals surface area contributed by atoms with E-state index in [9.17, 15) is 18.0 Å². The van der Waals surface area contributed by atoms with E-state index in [-0.39, 0.29) is 23.4 Å². The van der Waals surface area contributed by atoms with Crippen LogP contribution in [0.15, 0.2) is 82.6 Å². The molecule has 0 aliphatic carbocycles. The third kappa shape index (κ3) is 8.27. The molecule has 1 N–H and O–H groups in total. The van der Waals surface area contributed by atoms with E-state index in [1.807, 2.05) is 46.1 Å². The minimum Gasteiger partial charge on any atom is -0.497 e. The van der Waals surface area contributed by atoms with Gasteiger partial charge in [-0.15, -0.1) is 11.8 Å². The van der Waals surface area contributed by atoms with Gasteiger partial charge in [-0.2, -0.15) is 0 Å². The first-order valence-corrected chi connectivity index (χ1v) is 16.1. The number of thioether (sulfide) groups is 1. The Bertz CT molecular complexity index is 1410. The number of carbonyl (C=O) groups excluding carboxylic acids is 2. The summed E-state index contributed by atoms with van der Waals surface area (Å²) in [6.07, 6.45) is 2.27. The van der Waals surface area contributed by atoms with Crippen LogP contribution in [-0.2, 0) is 26.2 Å². The van der Waals surface area contributed by atoms with Crippen molar-refractivity contribution in [3.05, 3.63) is 83.9 Å². The molecule has 0 unspecified atom stereocenters. The minimum atomic E-state index is -4.11. The summed E-state index contributed by atoms with van der Waals surface area (Å²) in [5, 5.41) is 2.90. The number of rotatable bonds is 13. The average Bonchev–Trinajstić information content (AvgIpc) is 2.96. The number of sulfonamides is 1. The maximum Gasteiger partial charge on any atom is 0.264 e. The van der Waals surface area contributed by atoms with Gasteiger partial charge in [0.2, 0.25) is 11.8 Å². The predicted molar refractivity (Wildman–Crippen MR) is 165 cm³/mol. The van der Waals surface area contributed by atoms with Gasteiger partial charge < -0.3 is 15.0 Å². The largest absolute Gasteiger partial charge is 0.497 e. The number of nitrogens with zero attached hydrogens (tertiary/aromatic N) is 2. The molecule has 0 bridgehead atoms. The first-order chi connectivity index (χ1) is 19.5. The number of benzene rings is 3. The number of nitrogens with one attached hydrogen (secondary N) is 1. The lowest BCUT2D eigenvalue weighted by Crippen LogP contribution is -2.53. The Labute approximate surface area is 248 Å². The zero-order valence-electron chi connectivity index (χ0n) is 24.5. The molecular weight excluding hydrogens is 558 g/mol. The zero-order valence-corrected chi connectivity index (χ0v) is 26.1. The molecule has 0 fully saturated rings. The number of methoxy groups -OCH3 is 1. The number of anilines is 1. The molecule has 3 aromatic carbocycles. The monoisotopic (exact) mass is 597 g/mol. The van der Waals surface area contributed by atoms with Crippen LogP contribution >= 0.6 is 11.8 Å². The van der Waals surface area contributed by atoms with Gasteiger partial charge in [-0.05, 0) is 87.5 Å². The highest BCUT2D eigenvalue weighted by Crippen LogP contribution is 2.27. The van der Waals surface area contributed by atoms with E-state index < -0.39 is 28.5 Å². The molecule has 0 aliphatic heterocycles. The summed E-state index contributed by atoms with van der Waals surface area (Å²) in [7, 11) is -2.54. The van der Waals surface area contributed by atoms with Crippen molar-refractivity contribution in [1.29, 1.82) is 0 Å². The van der Waals surface area contributed by atoms with Crippen LogP contribution in [-0.4, -0.2) is 57.1 Å². The number of aryl methyl sites for hydroxylation is 1. The fourth-order valence-electron chi connectivity index (χ4n) is 4.34. The van der Waals surface area contributed by atoms with E-state index in [4.69, 9.17) is 4.74 Å². The highest BCUT2D eigenvalue weighted by molar-refractivity contribution is 7.98. The van der Waals surface area contributed by atoms with Gasteiger partial charge in [-0.1, -0.05) is 36.8 Å². The summed E-state index contributed by atoms with van der Waals surface area (Å²) in [4.78, 5) is 29.8. The summed E-state index contributed by atoms with van der Waals surface area (Å²) < 4.78 is 34.3. The number of ether oxygens (including phenoxy) is 1. The molecule has 220 valence electrons. The van der Waals surface area contributed by atoms with Crippen molar-refractivity contribution < 1.29 is 22.7 Å². The standard InChI is InChI=1S/C31H39N3O5S2/c1-7-29(31(36)32-22(2)3)33(20-24-10-14-26(39-5)15-11-24)30(35)21-34(25-12-8-23(4)9-13-25)41(37,38)28-18-16-27(40-6)17-19-28/h8-19,22,29H,7,20-21H2,1-6H3,(H,32,36)/t29-/m0/s1. The lowest BCUT2D eigenvalue weighted by Gasteiger charge is -2.33. The van der Waals surface area contributed by atoms with Gasteiger partial charge in [-0.3, -0.25) is 13.9 Å². The maximum atomic E-state index is 14.1. The molecule has 41 heavy (non-hydrogen) atoms. The maximum absolute atomic E-state index is 14.1. The Balaban J connectivity index is 2.05. The first kappa shape index (κ1) is 32.0. The van der Waals surface area contributed by atoms with Gasteiger partial charge in [0, 0.05) is 17.5 Å². The predicted octanol–water partition coefficient (Wildman–Crippen LogP) is 5.25. The lowest BCUT2D eigenvalue weighted by molar-refractivity contribution is -0.140. The van der Waals surface area contributed by atoms with E-state index >= 15 is 0 Å². The van der Waals surface area contributed by atoms with E-state index in [1.165, 1.54) is 16.7 Å². The lowest BCUT2D eigenvalue weighted by atomic mass is 10.1. The van der Waals surface area contributed by atoms with Crippen LogP contribution in [0.1, 0.15) is 38.3 Å². The third-order valence-corrected chi connectivity index (χ3v) is 9.11. The Hall–Kier alpha value is -3.50. The molecule has 0 heterocycles. The van der Waals surface area contributed by atoms with Crippen molar-refractivity contribution in [1.82, 2.24) is 10.2 Å². The van der Waals surface area contributed by atoms with Crippen molar-refractivity contribution >= 4 is 39.3 Å². The second kappa shape index (κ2) is 14.4. The van der Waals surface area contributed by atoms with Crippen LogP contribution in [0.3, 0.4) is 0 Å². The quantitative estimate of drug-likeness (QED) is 0.270. The molecule has 2 amide bonds. The van der Waals surface area contributed by atoms with Crippen LogP contribution < -0.4 is 14.4 Å². The number of carbonyl (C=O) groups is 2. The van der Waals surface area contributed by atoms with Gasteiger partial charge in [0.15, 0.2) is 0 Å². The van der Waals surface area contributed by atoms with Crippen LogP contribution in [0.4, 0.5) is 5.69 Å². The van der Waals surface area contributed by atoms with Crippen LogP contribution in [0.5, 0.6) is 5.75 Å². The molecule has 0 spiro atoms. The normalized spacial score (nSPS) is 12.1. The number of hydrogen-bond donors (Lipinski definition) is 1. The molecule has 0 saturated carbocycles. The molecule has 8 nitrogen and oxygen atoms in total. The molecule has 0 saturated heterocycles. The van der Waals surface area contributed by atoms with Crippen LogP contribution in [0.25, 0.3) is 0 Å². The number of hydrogen-bond acceptors (Lipinski definition) is 6. The SMILES string of the molecule is CC[C@@H](C(=O)NC(C)C)N(Cc1ccc(OC)cc1)C(=O)CN(c1ccc(C)cc1)S(=O)(=O)c1ccc(SC)cc1. The molecule has 3 rings (SSSR count). The highest BCUT2D eigenvalue weighted by atomic mass is 32.2. The van der Waals surface area contributed by atoms with Crippen molar-refractivity contribution in [2.24, 2.45) is 0 Å². The van der Waals surface area contributed by atoms with Gasteiger partial charge in [0.1, 0.15) is 18.3 Å². The number of amides is 2. The summed E-state index contributed by atoms with van der Waals surface area (Å²) in [5.74, 6) is -0.112. The molecular formula is C31H39N3O5S2. The molecule has 10 heteroatoms. The Morgan fingerprint density at radius 3 is 2.07 bits per heavy atom. The van der Waals surface area contributed by atoms with Crippen LogP contribution in [0, 0.1) is 6.92 Å². The van der Waals surface area contributed by atoms with Gasteiger partial charge in [0.25, 0.3) is 10.0 Å². The molecule has 1 atom stereocenters. The first-order valence-electron chi connectivity index (χ1n) is 13.5. The van der Waals surface area contributed by atoms with Gasteiger partial charge >= 0.3 is 0 Å². The average molecular weight is 598 g/mol. The zero-order chi connectivity index (χ0) is 30.2. The van der Waals surface area contributed by atoms with Crippen LogP contribution in [0.2, 0.25) is 0 Å². The molecule has 0 aromatic heterocycles. The van der Waals surface area contributed by atoms with Crippen molar-refractivity contribution in [3.63, 3.8) is 0 Å². The summed E-state index contributed by atoms with van der Waals surface area (Å²) in [6.45, 7) is 7.10. The third-order valence-electron chi connectivity index (χ3n) is 6.58. The second-order valence-corrected chi connectivity index (χ2v) is 12.7. The summed E-state index contributed by atoms with van der Waals surface area (Å²) in [6, 6.07) is 19.9. The van der Waals surface area contributed by atoms with Crippen molar-refractivity contribution in [3.8, 4) is 5.75 Å². The molecule has 0 radical (unpaired) electrons. The smallest absolute Gasteiger partial charge is 0.264 e. The van der Waals surface area contributed by atoms with Crippen molar-refractivity contribution in [2.75, 3.05) is 24.2 Å². The van der Waals surface area contributed by atoms with E-state index in [2.05, 4.69) is 5.32 Å². The Morgan fingerprint density at radius 1 is 0.951 bits per heavy atom. The fourth-order valence-corrected chi connectivity index (χ4v) is 6.16. The fraction of sp³-hybridized carbons (Fsp3) is 0.355. The van der Waals surface area contributed by atoms with Crippen molar-refractivity contribution in [2.45, 2.75) is 62.5 Å². The minimum absolute atomic E-state index is 0.0787. The Kier molecular flexibility index (Phi) is 11.3. The summed E-state index contributed by atoms with van der Waals surface area (Å²) in [5.41, 5.74) is 2.11. The summed E-state index contributed by atoms with van der Waals surface area (Å²) >= 11 is 1.51. The van der Waals surface area contributed by atoms with E-state index in [0.717, 1.165) is 20.3 Å². The molecule has 0 aliphatic rings. The second-order valence-electron chi connectivity index (χ2n) is 9.98.